The second kappa shape index (κ2) is 15.5. The average Bonchev–Trinajstić information content (AvgIpc) is 2.70. The molecule has 0 heterocycles. The molecule has 1 unspecified atom stereocenters. The lowest BCUT2D eigenvalue weighted by atomic mass is 10.3. The summed E-state index contributed by atoms with van der Waals surface area (Å²) >= 11 is 0. The lowest BCUT2D eigenvalue weighted by molar-refractivity contribution is -0.124. The van der Waals surface area contributed by atoms with Crippen LogP contribution in [0.25, 0.3) is 0 Å². The number of hydrogen-bond donors (Lipinski definition) is 0. The van der Waals surface area contributed by atoms with Gasteiger partial charge in [0.15, 0.2) is 0 Å². The summed E-state index contributed by atoms with van der Waals surface area (Å²) in [5.41, 5.74) is 0.792. The Bertz CT molecular complexity index is 767. The van der Waals surface area contributed by atoms with E-state index >= 15 is 0 Å². The number of carbonyl (C=O) groups excluding carboxylic acids is 1. The molecule has 0 saturated carbocycles. The van der Waals surface area contributed by atoms with Gasteiger partial charge in [0.25, 0.3) is 7.52 Å². The highest BCUT2D eigenvalue weighted by Gasteiger charge is 2.26. The van der Waals surface area contributed by atoms with E-state index in [-0.39, 0.29) is 5.91 Å². The predicted octanol–water partition coefficient (Wildman–Crippen LogP) is 4.15. The largest absolute Gasteiger partial charge is 0.345 e. The van der Waals surface area contributed by atoms with Gasteiger partial charge in [0, 0.05) is 46.2 Å². The molecule has 0 aromatic carbocycles. The number of carbonyl (C=O) groups is 1. The van der Waals surface area contributed by atoms with E-state index < -0.39 is 17.5 Å². The average molecular weight is 468 g/mol. The van der Waals surface area contributed by atoms with E-state index in [0.717, 1.165) is 10.9 Å². The molecule has 1 atom stereocenters. The van der Waals surface area contributed by atoms with Crippen molar-refractivity contribution >= 4 is 23.5 Å². The maximum atomic E-state index is 11.8. The second-order valence-electron chi connectivity index (χ2n) is 6.84. The molecule has 0 radical (unpaired) electrons. The molecular weight excluding hydrogens is 425 g/mol. The predicted molar refractivity (Wildman–Crippen MR) is 128 cm³/mol. The van der Waals surface area contributed by atoms with Gasteiger partial charge in [0.05, 0.1) is 4.91 Å². The second-order valence-corrected chi connectivity index (χ2v) is 12.1. The van der Waals surface area contributed by atoms with E-state index in [4.69, 9.17) is 4.52 Å². The number of likely N-dealkylation sites (N-methyl/N-ethyl adjacent to an activating group) is 1. The van der Waals surface area contributed by atoms with Crippen molar-refractivity contribution in [2.45, 2.75) is 41.5 Å². The third-order valence-electron chi connectivity index (χ3n) is 4.11. The number of nitrogens with zero attached hydrogens (tertiary/aromatic N) is 3. The molecule has 0 N–H and O–H groups in total. The van der Waals surface area contributed by atoms with Crippen molar-refractivity contribution in [2.75, 3.05) is 49.4 Å². The maximum absolute atomic E-state index is 11.8. The van der Waals surface area contributed by atoms with Crippen LogP contribution >= 0.6 is 7.52 Å². The van der Waals surface area contributed by atoms with Crippen molar-refractivity contribution in [3.05, 3.63) is 34.0 Å². The van der Waals surface area contributed by atoms with Crippen molar-refractivity contribution in [1.29, 1.82) is 0 Å². The summed E-state index contributed by atoms with van der Waals surface area (Å²) in [6, 6.07) is 0. The fourth-order valence-electron chi connectivity index (χ4n) is 1.70. The summed E-state index contributed by atoms with van der Waals surface area (Å²) in [5, 5.41) is 0.782. The van der Waals surface area contributed by atoms with E-state index in [0.29, 0.717) is 4.91 Å². The highest BCUT2D eigenvalue weighted by atomic mass is 32.2. The first-order chi connectivity index (χ1) is 13.5. The molecule has 8 nitrogen and oxygen atoms in total. The minimum absolute atomic E-state index is 0.0810. The van der Waals surface area contributed by atoms with E-state index in [1.54, 1.807) is 57.7 Å². The minimum atomic E-state index is -3.13. The van der Waals surface area contributed by atoms with E-state index in [9.17, 15) is 17.8 Å². The van der Waals surface area contributed by atoms with Crippen LogP contribution in [0.1, 0.15) is 41.5 Å². The zero-order valence-corrected chi connectivity index (χ0v) is 22.7. The van der Waals surface area contributed by atoms with Gasteiger partial charge in [0.2, 0.25) is 15.9 Å². The molecule has 0 bridgehead atoms. The maximum Gasteiger partial charge on any atom is 0.296 e. The zero-order valence-electron chi connectivity index (χ0n) is 21.0. The number of sulfonamides is 1. The summed E-state index contributed by atoms with van der Waals surface area (Å²) in [7, 11) is 5.68. The summed E-state index contributed by atoms with van der Waals surface area (Å²) in [6.07, 6.45) is 5.20. The van der Waals surface area contributed by atoms with Gasteiger partial charge < -0.3 is 9.42 Å². The Labute approximate surface area is 184 Å². The van der Waals surface area contributed by atoms with Crippen molar-refractivity contribution < 1.29 is 22.3 Å². The van der Waals surface area contributed by atoms with E-state index in [2.05, 4.69) is 0 Å². The van der Waals surface area contributed by atoms with Gasteiger partial charge in [-0.25, -0.2) is 17.4 Å². The van der Waals surface area contributed by atoms with Crippen molar-refractivity contribution in [1.82, 2.24) is 13.9 Å². The molecule has 0 aliphatic rings. The highest BCUT2D eigenvalue weighted by Crippen LogP contribution is 2.55. The van der Waals surface area contributed by atoms with Crippen LogP contribution < -0.4 is 0 Å². The fourth-order valence-corrected chi connectivity index (χ4v) is 4.14. The lowest BCUT2D eigenvalue weighted by Gasteiger charge is -2.22. The van der Waals surface area contributed by atoms with Crippen molar-refractivity contribution in [3.8, 4) is 0 Å². The third kappa shape index (κ3) is 11.2. The van der Waals surface area contributed by atoms with Crippen molar-refractivity contribution in [2.24, 2.45) is 0 Å². The molecule has 1 amide bonds. The minimum Gasteiger partial charge on any atom is -0.345 e. The Morgan fingerprint density at radius 3 is 1.40 bits per heavy atom. The Morgan fingerprint density at radius 1 is 0.867 bits per heavy atom. The van der Waals surface area contributed by atoms with Crippen LogP contribution in [-0.4, -0.2) is 77.6 Å². The van der Waals surface area contributed by atoms with Gasteiger partial charge in [-0.15, -0.1) is 0 Å². The third-order valence-corrected chi connectivity index (χ3v) is 8.82. The molecule has 0 aromatic rings. The van der Waals surface area contributed by atoms with Crippen molar-refractivity contribution in [3.63, 3.8) is 0 Å². The molecule has 178 valence electrons. The normalized spacial score (nSPS) is 15.0. The highest BCUT2D eigenvalue weighted by molar-refractivity contribution is 7.92. The first kappa shape index (κ1) is 33.4. The van der Waals surface area contributed by atoms with Gasteiger partial charge in [0.1, 0.15) is 0 Å². The molecule has 0 spiro atoms. The number of amides is 1. The monoisotopic (exact) mass is 467 g/mol. The van der Waals surface area contributed by atoms with Gasteiger partial charge in [-0.05, 0) is 55.6 Å². The van der Waals surface area contributed by atoms with E-state index in [1.165, 1.54) is 25.5 Å². The van der Waals surface area contributed by atoms with Gasteiger partial charge >= 0.3 is 0 Å². The van der Waals surface area contributed by atoms with Gasteiger partial charge in [-0.3, -0.25) is 9.36 Å². The molecule has 0 aliphatic heterocycles. The molecule has 0 saturated heterocycles. The van der Waals surface area contributed by atoms with Crippen LogP contribution in [0.2, 0.25) is 0 Å². The van der Waals surface area contributed by atoms with Crippen LogP contribution in [0.15, 0.2) is 34.0 Å². The Morgan fingerprint density at radius 2 is 1.30 bits per heavy atom. The molecule has 10 heteroatoms. The first-order valence-electron chi connectivity index (χ1n) is 9.38. The first-order valence-corrected chi connectivity index (χ1v) is 12.4. The molecule has 0 aliphatic carbocycles. The summed E-state index contributed by atoms with van der Waals surface area (Å²) in [6.45, 7) is 10.6. The van der Waals surface area contributed by atoms with Gasteiger partial charge in [-0.1, -0.05) is 18.2 Å². The SMILES string of the molecule is C/C=C(\C)P(=O)(OC)N(C)C.CC=C(C)C(=O)N(C)C.CC=C(C)S(=O)(=O)N(C)C. The van der Waals surface area contributed by atoms with Crippen LogP contribution in [0.3, 0.4) is 0 Å². The summed E-state index contributed by atoms with van der Waals surface area (Å²) in [4.78, 5) is 12.9. The Hall–Kier alpha value is -1.25. The molecule has 30 heavy (non-hydrogen) atoms. The topological polar surface area (TPSA) is 87.2 Å². The summed E-state index contributed by atoms with van der Waals surface area (Å²) < 4.78 is 41.9. The zero-order chi connectivity index (χ0) is 24.9. The number of allylic oxidation sites excluding steroid dienone is 5. The van der Waals surface area contributed by atoms with Crippen LogP contribution in [-0.2, 0) is 23.9 Å². The number of hydrogen-bond acceptors (Lipinski definition) is 5. The number of rotatable bonds is 6. The van der Waals surface area contributed by atoms with E-state index in [1.807, 2.05) is 39.8 Å². The summed E-state index contributed by atoms with van der Waals surface area (Å²) in [5.74, 6) is 0.0810. The van der Waals surface area contributed by atoms with Crippen LogP contribution in [0.5, 0.6) is 0 Å². The molecule has 0 fully saturated rings. The quantitative estimate of drug-likeness (QED) is 0.431. The Kier molecular flexibility index (Phi) is 17.3. The van der Waals surface area contributed by atoms with Gasteiger partial charge in [-0.2, -0.15) is 0 Å². The van der Waals surface area contributed by atoms with Crippen LogP contribution in [0.4, 0.5) is 0 Å². The standard InChI is InChI=1S/C7H16NO2P.C7H13NO.C6H13NO2S/c1-6-7(2)11(9,10-5)8(3)4;1-5-6(2)7(9)8(3)4;1-5-6(2)10(8,9)7(3)4/h6H,1-5H3;5H,1-4H3;5H,1-4H3/b7-6+;;. The lowest BCUT2D eigenvalue weighted by Crippen LogP contribution is -2.22. The fraction of sp³-hybridized carbons (Fsp3) is 0.650. The van der Waals surface area contributed by atoms with Crippen LogP contribution in [0, 0.1) is 0 Å². The Balaban J connectivity index is -0.000000366. The molecule has 0 aromatic heterocycles. The molecule has 0 rings (SSSR count). The smallest absolute Gasteiger partial charge is 0.296 e. The molecular formula is C20H42N3O5PS.